The molecule has 0 atom stereocenters. The average molecular weight is 336 g/mol. The van der Waals surface area contributed by atoms with Crippen LogP contribution in [0.1, 0.15) is 37.7 Å². The Hall–Kier alpha value is -2.56. The lowest BCUT2D eigenvalue weighted by Crippen LogP contribution is -2.16. The first-order chi connectivity index (χ1) is 12.3. The van der Waals surface area contributed by atoms with E-state index in [1.165, 1.54) is 37.7 Å². The normalized spacial score (nSPS) is 15.4. The van der Waals surface area contributed by atoms with Crippen LogP contribution in [0, 0.1) is 12.8 Å². The summed E-state index contributed by atoms with van der Waals surface area (Å²) >= 11 is 0. The van der Waals surface area contributed by atoms with Crippen molar-refractivity contribution in [3.63, 3.8) is 0 Å². The molecule has 0 amide bonds. The van der Waals surface area contributed by atoms with Crippen LogP contribution in [0.4, 0.5) is 11.5 Å². The highest BCUT2D eigenvalue weighted by atomic mass is 16.5. The Morgan fingerprint density at radius 3 is 2.76 bits per heavy atom. The summed E-state index contributed by atoms with van der Waals surface area (Å²) in [6.07, 6.45) is 10.2. The number of nitrogens with zero attached hydrogens (tertiary/aromatic N) is 3. The van der Waals surface area contributed by atoms with Gasteiger partial charge in [0.05, 0.1) is 6.61 Å². The Kier molecular flexibility index (Phi) is 4.55. The average Bonchev–Trinajstić information content (AvgIpc) is 3.11. The van der Waals surface area contributed by atoms with Crippen LogP contribution in [0.25, 0.3) is 5.78 Å². The van der Waals surface area contributed by atoms with Crippen LogP contribution in [0.5, 0.6) is 5.88 Å². The Bertz CT molecular complexity index is 835. The number of hydrogen-bond acceptors (Lipinski definition) is 4. The molecule has 0 unspecified atom stereocenters. The van der Waals surface area contributed by atoms with E-state index in [4.69, 9.17) is 4.74 Å². The SMILES string of the molecule is Cc1ccc(Nc2cc(OCC3CCCCC3)n3ccnc3n2)cc1. The minimum Gasteiger partial charge on any atom is -0.478 e. The predicted octanol–water partition coefficient (Wildman–Crippen LogP) is 4.74. The molecule has 0 bridgehead atoms. The first kappa shape index (κ1) is 15.9. The van der Waals surface area contributed by atoms with Crippen molar-refractivity contribution in [2.24, 2.45) is 5.92 Å². The monoisotopic (exact) mass is 336 g/mol. The maximum Gasteiger partial charge on any atom is 0.238 e. The highest BCUT2D eigenvalue weighted by Crippen LogP contribution is 2.26. The van der Waals surface area contributed by atoms with Gasteiger partial charge in [-0.1, -0.05) is 37.0 Å². The van der Waals surface area contributed by atoms with Crippen molar-refractivity contribution in [2.45, 2.75) is 39.0 Å². The molecule has 25 heavy (non-hydrogen) atoms. The van der Waals surface area contributed by atoms with Crippen LogP contribution in [0.3, 0.4) is 0 Å². The summed E-state index contributed by atoms with van der Waals surface area (Å²) in [6.45, 7) is 2.84. The largest absolute Gasteiger partial charge is 0.478 e. The van der Waals surface area contributed by atoms with Gasteiger partial charge in [-0.2, -0.15) is 4.98 Å². The summed E-state index contributed by atoms with van der Waals surface area (Å²) in [4.78, 5) is 8.89. The van der Waals surface area contributed by atoms with Gasteiger partial charge in [0.15, 0.2) is 0 Å². The van der Waals surface area contributed by atoms with E-state index in [1.807, 2.05) is 16.7 Å². The third-order valence-electron chi connectivity index (χ3n) is 4.85. The number of rotatable bonds is 5. The molecule has 2 aromatic heterocycles. The van der Waals surface area contributed by atoms with Crippen LogP contribution in [-0.2, 0) is 0 Å². The van der Waals surface area contributed by atoms with E-state index in [0.717, 1.165) is 24.0 Å². The Balaban J connectivity index is 1.54. The van der Waals surface area contributed by atoms with Gasteiger partial charge in [0.1, 0.15) is 5.82 Å². The first-order valence-corrected chi connectivity index (χ1v) is 9.08. The zero-order valence-corrected chi connectivity index (χ0v) is 14.6. The Morgan fingerprint density at radius 2 is 1.96 bits per heavy atom. The van der Waals surface area contributed by atoms with Crippen LogP contribution in [-0.4, -0.2) is 21.0 Å². The number of aromatic nitrogens is 3. The van der Waals surface area contributed by atoms with E-state index in [0.29, 0.717) is 11.7 Å². The molecule has 5 nitrogen and oxygen atoms in total. The molecule has 1 fully saturated rings. The zero-order chi connectivity index (χ0) is 17.1. The lowest BCUT2D eigenvalue weighted by molar-refractivity contribution is 0.201. The molecule has 0 spiro atoms. The topological polar surface area (TPSA) is 51.5 Å². The molecule has 2 heterocycles. The fourth-order valence-corrected chi connectivity index (χ4v) is 3.39. The van der Waals surface area contributed by atoms with E-state index in [9.17, 15) is 0 Å². The van der Waals surface area contributed by atoms with Crippen molar-refractivity contribution in [3.8, 4) is 5.88 Å². The quantitative estimate of drug-likeness (QED) is 0.731. The molecular weight excluding hydrogens is 312 g/mol. The maximum absolute atomic E-state index is 6.16. The molecule has 1 aliphatic rings. The van der Waals surface area contributed by atoms with Gasteiger partial charge in [-0.25, -0.2) is 4.98 Å². The molecule has 0 aliphatic heterocycles. The molecule has 4 rings (SSSR count). The van der Waals surface area contributed by atoms with Crippen molar-refractivity contribution in [1.29, 1.82) is 0 Å². The second-order valence-electron chi connectivity index (χ2n) is 6.88. The van der Waals surface area contributed by atoms with Crippen molar-refractivity contribution < 1.29 is 4.74 Å². The van der Waals surface area contributed by atoms with E-state index in [-0.39, 0.29) is 0 Å². The summed E-state index contributed by atoms with van der Waals surface area (Å²) in [5, 5.41) is 3.35. The molecule has 1 aromatic carbocycles. The number of aryl methyl sites for hydroxylation is 1. The summed E-state index contributed by atoms with van der Waals surface area (Å²) in [7, 11) is 0. The number of nitrogens with one attached hydrogen (secondary N) is 1. The van der Waals surface area contributed by atoms with E-state index >= 15 is 0 Å². The summed E-state index contributed by atoms with van der Waals surface area (Å²) in [5.74, 6) is 2.86. The lowest BCUT2D eigenvalue weighted by atomic mass is 9.90. The fraction of sp³-hybridized carbons (Fsp3) is 0.400. The molecule has 0 saturated heterocycles. The van der Waals surface area contributed by atoms with Gasteiger partial charge in [0, 0.05) is 24.1 Å². The third kappa shape index (κ3) is 3.76. The standard InChI is InChI=1S/C20H24N4O/c1-15-7-9-17(10-8-15)22-18-13-19(24-12-11-21-20(24)23-18)25-14-16-5-3-2-4-6-16/h7-13,16H,2-6,14H2,1H3,(H,21,22,23). The second-order valence-corrected chi connectivity index (χ2v) is 6.88. The van der Waals surface area contributed by atoms with Crippen LogP contribution in [0.15, 0.2) is 42.7 Å². The Morgan fingerprint density at radius 1 is 1.16 bits per heavy atom. The zero-order valence-electron chi connectivity index (χ0n) is 14.6. The number of hydrogen-bond donors (Lipinski definition) is 1. The first-order valence-electron chi connectivity index (χ1n) is 9.08. The number of ether oxygens (including phenoxy) is 1. The van der Waals surface area contributed by atoms with Crippen molar-refractivity contribution >= 4 is 17.3 Å². The molecule has 1 aliphatic carbocycles. The molecule has 5 heteroatoms. The smallest absolute Gasteiger partial charge is 0.238 e. The predicted molar refractivity (Wildman–Crippen MR) is 99.5 cm³/mol. The van der Waals surface area contributed by atoms with Gasteiger partial charge >= 0.3 is 0 Å². The van der Waals surface area contributed by atoms with Gasteiger partial charge in [0.25, 0.3) is 0 Å². The second kappa shape index (κ2) is 7.13. The van der Waals surface area contributed by atoms with Gasteiger partial charge < -0.3 is 10.1 Å². The number of imidazole rings is 1. The van der Waals surface area contributed by atoms with Crippen molar-refractivity contribution in [3.05, 3.63) is 48.3 Å². The fourth-order valence-electron chi connectivity index (χ4n) is 3.39. The molecule has 130 valence electrons. The molecule has 1 saturated carbocycles. The molecular formula is C20H24N4O. The van der Waals surface area contributed by atoms with Crippen LogP contribution in [0.2, 0.25) is 0 Å². The minimum absolute atomic E-state index is 0.649. The van der Waals surface area contributed by atoms with Gasteiger partial charge in [-0.15, -0.1) is 0 Å². The lowest BCUT2D eigenvalue weighted by Gasteiger charge is -2.22. The molecule has 1 N–H and O–H groups in total. The summed E-state index contributed by atoms with van der Waals surface area (Å²) < 4.78 is 8.06. The number of benzene rings is 1. The van der Waals surface area contributed by atoms with Gasteiger partial charge in [-0.05, 0) is 37.8 Å². The number of anilines is 2. The van der Waals surface area contributed by atoms with E-state index in [1.54, 1.807) is 6.20 Å². The van der Waals surface area contributed by atoms with Gasteiger partial charge in [0.2, 0.25) is 11.7 Å². The molecule has 0 radical (unpaired) electrons. The minimum atomic E-state index is 0.649. The summed E-state index contributed by atoms with van der Waals surface area (Å²) in [5.41, 5.74) is 2.24. The Labute approximate surface area is 148 Å². The van der Waals surface area contributed by atoms with Crippen LogP contribution < -0.4 is 10.1 Å². The molecule has 3 aromatic rings. The van der Waals surface area contributed by atoms with Gasteiger partial charge in [-0.3, -0.25) is 4.40 Å². The van der Waals surface area contributed by atoms with E-state index in [2.05, 4.69) is 46.5 Å². The maximum atomic E-state index is 6.16. The van der Waals surface area contributed by atoms with Crippen molar-refractivity contribution in [2.75, 3.05) is 11.9 Å². The van der Waals surface area contributed by atoms with Crippen molar-refractivity contribution in [1.82, 2.24) is 14.4 Å². The third-order valence-corrected chi connectivity index (χ3v) is 4.85. The van der Waals surface area contributed by atoms with E-state index < -0.39 is 0 Å². The highest BCUT2D eigenvalue weighted by molar-refractivity contribution is 5.59. The number of fused-ring (bicyclic) bond motifs is 1. The van der Waals surface area contributed by atoms with Crippen LogP contribution >= 0.6 is 0 Å². The highest BCUT2D eigenvalue weighted by Gasteiger charge is 2.15. The summed E-state index contributed by atoms with van der Waals surface area (Å²) in [6, 6.07) is 10.2.